The highest BCUT2D eigenvalue weighted by molar-refractivity contribution is 6.30. The summed E-state index contributed by atoms with van der Waals surface area (Å²) >= 11 is 6.11. The zero-order valence-corrected chi connectivity index (χ0v) is 22.1. The van der Waals surface area contributed by atoms with Crippen molar-refractivity contribution in [3.05, 3.63) is 88.7 Å². The molecule has 3 aromatic rings. The molecule has 0 saturated carbocycles. The Balaban J connectivity index is 1.82. The van der Waals surface area contributed by atoms with E-state index in [4.69, 9.17) is 16.3 Å². The summed E-state index contributed by atoms with van der Waals surface area (Å²) in [5.41, 5.74) is 2.28. The molecule has 0 N–H and O–H groups in total. The third-order valence-electron chi connectivity index (χ3n) is 6.50. The Morgan fingerprint density at radius 3 is 2.37 bits per heavy atom. The molecular weight excluding hydrogens is 511 g/mol. The number of carbonyl (C=O) groups excluding carboxylic acids is 3. The standard InChI is InChI=1S/C29H28ClFN2O5/c1-4-27(34)33(22-11-7-20(30)8-12-22)26-15-18(2)32(29(36)19-5-9-21(31)10-6-19)25-14-13-23(16-24(25)26)38-17-28(35)37-3/h5-14,16,18,26H,4,15,17H2,1-3H3. The van der Waals surface area contributed by atoms with Gasteiger partial charge in [-0.2, -0.15) is 0 Å². The van der Waals surface area contributed by atoms with Gasteiger partial charge in [0.25, 0.3) is 5.91 Å². The molecule has 38 heavy (non-hydrogen) atoms. The van der Waals surface area contributed by atoms with Gasteiger partial charge in [-0.1, -0.05) is 18.5 Å². The Bertz CT molecular complexity index is 1330. The van der Waals surface area contributed by atoms with Gasteiger partial charge < -0.3 is 19.3 Å². The second-order valence-electron chi connectivity index (χ2n) is 8.96. The molecule has 2 atom stereocenters. The molecule has 9 heteroatoms. The van der Waals surface area contributed by atoms with Crippen LogP contribution in [-0.4, -0.2) is 37.5 Å². The fourth-order valence-corrected chi connectivity index (χ4v) is 4.78. The van der Waals surface area contributed by atoms with Crippen LogP contribution in [0.5, 0.6) is 5.75 Å². The number of benzene rings is 3. The number of esters is 1. The Morgan fingerprint density at radius 2 is 1.74 bits per heavy atom. The highest BCUT2D eigenvalue weighted by Crippen LogP contribution is 2.44. The van der Waals surface area contributed by atoms with Gasteiger partial charge >= 0.3 is 5.97 Å². The van der Waals surface area contributed by atoms with Gasteiger partial charge in [0.1, 0.15) is 11.6 Å². The Labute approximate surface area is 225 Å². The summed E-state index contributed by atoms with van der Waals surface area (Å²) in [6, 6.07) is 16.8. The smallest absolute Gasteiger partial charge is 0.343 e. The first-order valence-electron chi connectivity index (χ1n) is 12.2. The van der Waals surface area contributed by atoms with E-state index in [0.717, 1.165) is 0 Å². The minimum Gasteiger partial charge on any atom is -0.482 e. The first kappa shape index (κ1) is 27.1. The van der Waals surface area contributed by atoms with E-state index in [1.807, 2.05) is 6.92 Å². The van der Waals surface area contributed by atoms with Crippen molar-refractivity contribution in [1.82, 2.24) is 0 Å². The van der Waals surface area contributed by atoms with E-state index in [2.05, 4.69) is 4.74 Å². The van der Waals surface area contributed by atoms with Crippen LogP contribution >= 0.6 is 11.6 Å². The van der Waals surface area contributed by atoms with Crippen LogP contribution in [0.1, 0.15) is 48.7 Å². The van der Waals surface area contributed by atoms with Gasteiger partial charge in [-0.15, -0.1) is 0 Å². The van der Waals surface area contributed by atoms with Gasteiger partial charge in [0.05, 0.1) is 13.2 Å². The molecule has 0 spiro atoms. The maximum atomic E-state index is 13.6. The molecule has 0 radical (unpaired) electrons. The summed E-state index contributed by atoms with van der Waals surface area (Å²) in [5.74, 6) is -0.972. The Hall–Kier alpha value is -3.91. The van der Waals surface area contributed by atoms with E-state index < -0.39 is 17.8 Å². The summed E-state index contributed by atoms with van der Waals surface area (Å²) in [4.78, 5) is 41.9. The first-order chi connectivity index (χ1) is 18.2. The summed E-state index contributed by atoms with van der Waals surface area (Å²) in [6.45, 7) is 3.41. The molecule has 0 fully saturated rings. The fraction of sp³-hybridized carbons (Fsp3) is 0.276. The van der Waals surface area contributed by atoms with Crippen LogP contribution in [-0.2, 0) is 14.3 Å². The summed E-state index contributed by atoms with van der Waals surface area (Å²) in [7, 11) is 1.27. The third kappa shape index (κ3) is 5.65. The Morgan fingerprint density at radius 1 is 1.05 bits per heavy atom. The number of hydrogen-bond donors (Lipinski definition) is 0. The van der Waals surface area contributed by atoms with Gasteiger partial charge in [0.2, 0.25) is 5.91 Å². The SMILES string of the molecule is CCC(=O)N(c1ccc(Cl)cc1)C1CC(C)N(C(=O)c2ccc(F)cc2)c2ccc(OCC(=O)OC)cc21. The average molecular weight is 539 g/mol. The van der Waals surface area contributed by atoms with E-state index in [1.165, 1.54) is 31.4 Å². The monoisotopic (exact) mass is 538 g/mol. The number of rotatable bonds is 7. The molecule has 2 unspecified atom stereocenters. The van der Waals surface area contributed by atoms with Crippen molar-refractivity contribution in [1.29, 1.82) is 0 Å². The van der Waals surface area contributed by atoms with Crippen LogP contribution in [0.2, 0.25) is 5.02 Å². The van der Waals surface area contributed by atoms with Crippen LogP contribution in [0.25, 0.3) is 0 Å². The number of anilines is 2. The topological polar surface area (TPSA) is 76.2 Å². The molecule has 1 aliphatic rings. The highest BCUT2D eigenvalue weighted by atomic mass is 35.5. The number of hydrogen-bond acceptors (Lipinski definition) is 5. The maximum absolute atomic E-state index is 13.6. The zero-order chi connectivity index (χ0) is 27.4. The van der Waals surface area contributed by atoms with Crippen molar-refractivity contribution >= 4 is 40.8 Å². The lowest BCUT2D eigenvalue weighted by molar-refractivity contribution is -0.142. The lowest BCUT2D eigenvalue weighted by Gasteiger charge is -2.43. The number of amides is 2. The van der Waals surface area contributed by atoms with Gasteiger partial charge in [0.15, 0.2) is 6.61 Å². The number of halogens is 2. The predicted octanol–water partition coefficient (Wildman–Crippen LogP) is 5.95. The van der Waals surface area contributed by atoms with Gasteiger partial charge in [-0.05, 0) is 80.1 Å². The lowest BCUT2D eigenvalue weighted by Crippen LogP contribution is -2.47. The molecule has 3 aromatic carbocycles. The normalized spacial score (nSPS) is 16.4. The van der Waals surface area contributed by atoms with Crippen LogP contribution in [0.15, 0.2) is 66.7 Å². The van der Waals surface area contributed by atoms with Crippen molar-refractivity contribution in [2.45, 2.75) is 38.8 Å². The van der Waals surface area contributed by atoms with E-state index >= 15 is 0 Å². The minimum absolute atomic E-state index is 0.102. The molecule has 0 aromatic heterocycles. The molecule has 198 valence electrons. The van der Waals surface area contributed by atoms with Crippen molar-refractivity contribution in [2.75, 3.05) is 23.5 Å². The first-order valence-corrected chi connectivity index (χ1v) is 12.6. The fourth-order valence-electron chi connectivity index (χ4n) is 4.66. The quantitative estimate of drug-likeness (QED) is 0.347. The molecule has 7 nitrogen and oxygen atoms in total. The van der Waals surface area contributed by atoms with E-state index in [-0.39, 0.29) is 30.9 Å². The minimum atomic E-state index is -0.537. The largest absolute Gasteiger partial charge is 0.482 e. The van der Waals surface area contributed by atoms with Crippen molar-refractivity contribution in [2.24, 2.45) is 0 Å². The number of ether oxygens (including phenoxy) is 2. The summed E-state index contributed by atoms with van der Waals surface area (Å²) < 4.78 is 23.8. The molecule has 0 bridgehead atoms. The zero-order valence-electron chi connectivity index (χ0n) is 21.3. The lowest BCUT2D eigenvalue weighted by atomic mass is 9.89. The summed E-state index contributed by atoms with van der Waals surface area (Å²) in [5, 5.41) is 0.546. The highest BCUT2D eigenvalue weighted by Gasteiger charge is 2.39. The third-order valence-corrected chi connectivity index (χ3v) is 6.76. The number of nitrogens with zero attached hydrogens (tertiary/aromatic N) is 2. The number of carbonyl (C=O) groups is 3. The van der Waals surface area contributed by atoms with E-state index in [0.29, 0.717) is 39.7 Å². The maximum Gasteiger partial charge on any atom is 0.343 e. The molecule has 4 rings (SSSR count). The van der Waals surface area contributed by atoms with Crippen LogP contribution < -0.4 is 14.5 Å². The summed E-state index contributed by atoms with van der Waals surface area (Å²) in [6.07, 6.45) is 0.689. The molecular formula is C29H28ClFN2O5. The van der Waals surface area contributed by atoms with Gasteiger partial charge in [-0.3, -0.25) is 9.59 Å². The molecule has 0 aliphatic carbocycles. The van der Waals surface area contributed by atoms with Gasteiger partial charge in [0, 0.05) is 40.0 Å². The molecule has 1 aliphatic heterocycles. The average Bonchev–Trinajstić information content (AvgIpc) is 2.92. The Kier molecular flexibility index (Phi) is 8.32. The predicted molar refractivity (Wildman–Crippen MR) is 143 cm³/mol. The number of methoxy groups -OCH3 is 1. The van der Waals surface area contributed by atoms with Gasteiger partial charge in [-0.25, -0.2) is 9.18 Å². The van der Waals surface area contributed by atoms with Crippen LogP contribution in [0.3, 0.4) is 0 Å². The van der Waals surface area contributed by atoms with Crippen LogP contribution in [0.4, 0.5) is 15.8 Å². The van der Waals surface area contributed by atoms with Crippen LogP contribution in [0, 0.1) is 5.82 Å². The second-order valence-corrected chi connectivity index (χ2v) is 9.40. The van der Waals surface area contributed by atoms with Crippen molar-refractivity contribution in [3.63, 3.8) is 0 Å². The number of fused-ring (bicyclic) bond motifs is 1. The molecule has 2 amide bonds. The second kappa shape index (κ2) is 11.6. The van der Waals surface area contributed by atoms with E-state index in [1.54, 1.807) is 59.2 Å². The molecule has 1 heterocycles. The van der Waals surface area contributed by atoms with Crippen molar-refractivity contribution in [3.8, 4) is 5.75 Å². The van der Waals surface area contributed by atoms with E-state index in [9.17, 15) is 18.8 Å². The van der Waals surface area contributed by atoms with Crippen molar-refractivity contribution < 1.29 is 28.2 Å². The molecule has 0 saturated heterocycles.